The number of pyridine rings is 1. The monoisotopic (exact) mass is 331 g/mol. The summed E-state index contributed by atoms with van der Waals surface area (Å²) in [6, 6.07) is 21.6. The standard InChI is InChI=1S/C21H17NO3/c1-2-25-21(24)17-13-14-18(15-9-5-3-6-10-15)22-19(17)20(23)16-11-7-4-8-12-16/h3-14H,2H2,1H3. The van der Waals surface area contributed by atoms with E-state index in [9.17, 15) is 9.59 Å². The molecule has 0 amide bonds. The lowest BCUT2D eigenvalue weighted by molar-refractivity contribution is 0.0523. The first-order valence-corrected chi connectivity index (χ1v) is 8.04. The Morgan fingerprint density at radius 1 is 0.880 bits per heavy atom. The molecule has 0 atom stereocenters. The normalized spacial score (nSPS) is 10.3. The molecule has 0 saturated carbocycles. The van der Waals surface area contributed by atoms with Gasteiger partial charge in [0.25, 0.3) is 0 Å². The van der Waals surface area contributed by atoms with Gasteiger partial charge in [-0.3, -0.25) is 4.79 Å². The van der Waals surface area contributed by atoms with Crippen LogP contribution in [-0.2, 0) is 4.74 Å². The molecule has 2 aromatic carbocycles. The Kier molecular flexibility index (Phi) is 5.00. The molecule has 0 fully saturated rings. The zero-order valence-corrected chi connectivity index (χ0v) is 13.8. The van der Waals surface area contributed by atoms with E-state index in [0.29, 0.717) is 11.3 Å². The summed E-state index contributed by atoms with van der Waals surface area (Å²) in [6.45, 7) is 1.96. The highest BCUT2D eigenvalue weighted by atomic mass is 16.5. The molecule has 1 aromatic heterocycles. The molecule has 0 spiro atoms. The molecule has 0 saturated heterocycles. The van der Waals surface area contributed by atoms with E-state index >= 15 is 0 Å². The van der Waals surface area contributed by atoms with E-state index in [-0.39, 0.29) is 23.6 Å². The summed E-state index contributed by atoms with van der Waals surface area (Å²) in [7, 11) is 0. The quantitative estimate of drug-likeness (QED) is 0.520. The molecule has 0 unspecified atom stereocenters. The van der Waals surface area contributed by atoms with Gasteiger partial charge in [-0.1, -0.05) is 60.7 Å². The number of hydrogen-bond donors (Lipinski definition) is 0. The maximum atomic E-state index is 12.9. The highest BCUT2D eigenvalue weighted by molar-refractivity contribution is 6.13. The van der Waals surface area contributed by atoms with Gasteiger partial charge in [-0.15, -0.1) is 0 Å². The van der Waals surface area contributed by atoms with E-state index < -0.39 is 5.97 Å². The number of aromatic nitrogens is 1. The Morgan fingerprint density at radius 3 is 2.16 bits per heavy atom. The van der Waals surface area contributed by atoms with Crippen molar-refractivity contribution in [1.29, 1.82) is 0 Å². The van der Waals surface area contributed by atoms with E-state index in [4.69, 9.17) is 4.74 Å². The number of nitrogens with zero attached hydrogens (tertiary/aromatic N) is 1. The second kappa shape index (κ2) is 7.53. The number of esters is 1. The summed E-state index contributed by atoms with van der Waals surface area (Å²) < 4.78 is 5.07. The SMILES string of the molecule is CCOC(=O)c1ccc(-c2ccccc2)nc1C(=O)c1ccccc1. The summed E-state index contributed by atoms with van der Waals surface area (Å²) in [5.41, 5.74) is 2.26. The fraction of sp³-hybridized carbons (Fsp3) is 0.0952. The third-order valence-electron chi connectivity index (χ3n) is 3.71. The first-order chi connectivity index (χ1) is 12.2. The number of ether oxygens (including phenoxy) is 1. The molecule has 4 heteroatoms. The van der Waals surface area contributed by atoms with Crippen molar-refractivity contribution in [1.82, 2.24) is 4.98 Å². The third-order valence-corrected chi connectivity index (χ3v) is 3.71. The largest absolute Gasteiger partial charge is 0.462 e. The van der Waals surface area contributed by atoms with Crippen molar-refractivity contribution in [2.24, 2.45) is 0 Å². The minimum atomic E-state index is -0.547. The molecule has 0 aliphatic heterocycles. The molecule has 0 N–H and O–H groups in total. The van der Waals surface area contributed by atoms with Crippen LogP contribution in [0.3, 0.4) is 0 Å². The molecule has 124 valence electrons. The summed E-state index contributed by atoms with van der Waals surface area (Å²) in [5, 5.41) is 0. The molecule has 0 bridgehead atoms. The van der Waals surface area contributed by atoms with Gasteiger partial charge in [0.1, 0.15) is 5.69 Å². The van der Waals surface area contributed by atoms with Gasteiger partial charge < -0.3 is 4.74 Å². The average Bonchev–Trinajstić information content (AvgIpc) is 2.68. The van der Waals surface area contributed by atoms with Gasteiger partial charge in [0, 0.05) is 11.1 Å². The molecule has 0 aliphatic carbocycles. The Hall–Kier alpha value is -3.27. The predicted octanol–water partition coefficient (Wildman–Crippen LogP) is 4.16. The highest BCUT2D eigenvalue weighted by Gasteiger charge is 2.22. The number of rotatable bonds is 5. The van der Waals surface area contributed by atoms with Crippen LogP contribution in [0.25, 0.3) is 11.3 Å². The van der Waals surface area contributed by atoms with Crippen LogP contribution < -0.4 is 0 Å². The van der Waals surface area contributed by atoms with Crippen LogP contribution in [0.5, 0.6) is 0 Å². The van der Waals surface area contributed by atoms with E-state index in [0.717, 1.165) is 5.56 Å². The van der Waals surface area contributed by atoms with Crippen LogP contribution in [0.1, 0.15) is 33.3 Å². The highest BCUT2D eigenvalue weighted by Crippen LogP contribution is 2.21. The van der Waals surface area contributed by atoms with Crippen LogP contribution in [0.15, 0.2) is 72.8 Å². The molecule has 4 nitrogen and oxygen atoms in total. The van der Waals surface area contributed by atoms with Crippen molar-refractivity contribution in [2.75, 3.05) is 6.61 Å². The molecular weight excluding hydrogens is 314 g/mol. The topological polar surface area (TPSA) is 56.3 Å². The van der Waals surface area contributed by atoms with E-state index in [1.165, 1.54) is 0 Å². The van der Waals surface area contributed by atoms with Crippen LogP contribution in [0, 0.1) is 0 Å². The predicted molar refractivity (Wildman–Crippen MR) is 95.5 cm³/mol. The average molecular weight is 331 g/mol. The number of benzene rings is 2. The fourth-order valence-electron chi connectivity index (χ4n) is 2.50. The van der Waals surface area contributed by atoms with Crippen molar-refractivity contribution < 1.29 is 14.3 Å². The van der Waals surface area contributed by atoms with Gasteiger partial charge in [0.05, 0.1) is 17.9 Å². The molecular formula is C21H17NO3. The van der Waals surface area contributed by atoms with Gasteiger partial charge in [-0.05, 0) is 19.1 Å². The van der Waals surface area contributed by atoms with Gasteiger partial charge in [-0.2, -0.15) is 0 Å². The van der Waals surface area contributed by atoms with Gasteiger partial charge in [0.2, 0.25) is 5.78 Å². The Morgan fingerprint density at radius 2 is 1.52 bits per heavy atom. The Balaban J connectivity index is 2.11. The van der Waals surface area contributed by atoms with Crippen molar-refractivity contribution in [3.05, 3.63) is 89.6 Å². The van der Waals surface area contributed by atoms with Crippen molar-refractivity contribution in [3.8, 4) is 11.3 Å². The summed E-state index contributed by atoms with van der Waals surface area (Å²) >= 11 is 0. The van der Waals surface area contributed by atoms with E-state index in [2.05, 4.69) is 4.98 Å². The van der Waals surface area contributed by atoms with Crippen molar-refractivity contribution in [2.45, 2.75) is 6.92 Å². The second-order valence-electron chi connectivity index (χ2n) is 5.37. The molecule has 25 heavy (non-hydrogen) atoms. The van der Waals surface area contributed by atoms with Gasteiger partial charge in [0.15, 0.2) is 0 Å². The first-order valence-electron chi connectivity index (χ1n) is 8.04. The summed E-state index contributed by atoms with van der Waals surface area (Å²) in [5.74, 6) is -0.852. The third kappa shape index (κ3) is 3.63. The fourth-order valence-corrected chi connectivity index (χ4v) is 2.50. The van der Waals surface area contributed by atoms with Gasteiger partial charge >= 0.3 is 5.97 Å². The number of hydrogen-bond acceptors (Lipinski definition) is 4. The van der Waals surface area contributed by atoms with Gasteiger partial charge in [-0.25, -0.2) is 9.78 Å². The van der Waals surface area contributed by atoms with Crippen molar-refractivity contribution >= 4 is 11.8 Å². The first kappa shape index (κ1) is 16.6. The second-order valence-corrected chi connectivity index (χ2v) is 5.37. The maximum Gasteiger partial charge on any atom is 0.340 e. The molecule has 0 aliphatic rings. The zero-order valence-electron chi connectivity index (χ0n) is 13.8. The minimum absolute atomic E-state index is 0.103. The number of ketones is 1. The lowest BCUT2D eigenvalue weighted by Crippen LogP contribution is -2.15. The van der Waals surface area contributed by atoms with Crippen LogP contribution in [-0.4, -0.2) is 23.3 Å². The number of carbonyl (C=O) groups is 2. The van der Waals surface area contributed by atoms with E-state index in [1.807, 2.05) is 36.4 Å². The Labute approximate surface area is 146 Å². The maximum absolute atomic E-state index is 12.9. The Bertz CT molecular complexity index is 890. The lowest BCUT2D eigenvalue weighted by atomic mass is 10.0. The summed E-state index contributed by atoms with van der Waals surface area (Å²) in [6.07, 6.45) is 0. The molecule has 3 aromatic rings. The minimum Gasteiger partial charge on any atom is -0.462 e. The van der Waals surface area contributed by atoms with Crippen LogP contribution in [0.2, 0.25) is 0 Å². The number of carbonyl (C=O) groups excluding carboxylic acids is 2. The lowest BCUT2D eigenvalue weighted by Gasteiger charge is -2.10. The molecule has 0 radical (unpaired) electrons. The molecule has 1 heterocycles. The van der Waals surface area contributed by atoms with Crippen molar-refractivity contribution in [3.63, 3.8) is 0 Å². The zero-order chi connectivity index (χ0) is 17.6. The van der Waals surface area contributed by atoms with Crippen LogP contribution in [0.4, 0.5) is 0 Å². The summed E-state index contributed by atoms with van der Waals surface area (Å²) in [4.78, 5) is 29.6. The molecule has 3 rings (SSSR count). The smallest absolute Gasteiger partial charge is 0.340 e. The van der Waals surface area contributed by atoms with Crippen LogP contribution >= 0.6 is 0 Å². The van der Waals surface area contributed by atoms with E-state index in [1.54, 1.807) is 43.3 Å².